The van der Waals surface area contributed by atoms with Crippen molar-refractivity contribution in [3.63, 3.8) is 0 Å². The van der Waals surface area contributed by atoms with Gasteiger partial charge in [-0.3, -0.25) is 9.69 Å². The monoisotopic (exact) mass is 321 g/mol. The maximum Gasteiger partial charge on any atom is 0.231 e. The van der Waals surface area contributed by atoms with Crippen LogP contribution in [0.2, 0.25) is 0 Å². The van der Waals surface area contributed by atoms with Gasteiger partial charge < -0.3 is 9.88 Å². The number of likely N-dealkylation sites (N-methyl/N-ethyl adjacent to an activating group) is 1. The summed E-state index contributed by atoms with van der Waals surface area (Å²) in [5.41, 5.74) is 5.25. The molecule has 4 heteroatoms. The second-order valence-corrected chi connectivity index (χ2v) is 7.60. The molecule has 1 aromatic heterocycles. The van der Waals surface area contributed by atoms with Gasteiger partial charge in [0.05, 0.1) is 5.92 Å². The SMILES string of the molecule is CC1CCN1C(=O)C1C=C2c3cccc4[nH]cc(c34)CC2N(C)C1. The number of rotatable bonds is 1. The molecule has 1 amide bonds. The minimum absolute atomic E-state index is 0.0141. The Morgan fingerprint density at radius 1 is 1.33 bits per heavy atom. The molecule has 2 aliphatic heterocycles. The van der Waals surface area contributed by atoms with E-state index in [1.54, 1.807) is 0 Å². The molecule has 1 saturated heterocycles. The van der Waals surface area contributed by atoms with E-state index in [0.29, 0.717) is 18.0 Å². The molecule has 3 aliphatic rings. The van der Waals surface area contributed by atoms with E-state index in [-0.39, 0.29) is 5.92 Å². The quantitative estimate of drug-likeness (QED) is 0.877. The zero-order chi connectivity index (χ0) is 16.4. The van der Waals surface area contributed by atoms with E-state index < -0.39 is 0 Å². The van der Waals surface area contributed by atoms with Gasteiger partial charge in [-0.05, 0) is 49.6 Å². The molecule has 0 spiro atoms. The molecule has 1 N–H and O–H groups in total. The predicted molar refractivity (Wildman–Crippen MR) is 95.7 cm³/mol. The Labute approximate surface area is 142 Å². The molecule has 5 rings (SSSR count). The first-order valence-corrected chi connectivity index (χ1v) is 8.95. The van der Waals surface area contributed by atoms with E-state index in [0.717, 1.165) is 25.9 Å². The highest BCUT2D eigenvalue weighted by atomic mass is 16.2. The Balaban J connectivity index is 1.60. The van der Waals surface area contributed by atoms with Crippen LogP contribution < -0.4 is 0 Å². The number of nitrogens with zero attached hydrogens (tertiary/aromatic N) is 2. The van der Waals surface area contributed by atoms with Crippen molar-refractivity contribution in [1.29, 1.82) is 0 Å². The van der Waals surface area contributed by atoms with Gasteiger partial charge in [0.25, 0.3) is 0 Å². The van der Waals surface area contributed by atoms with E-state index in [4.69, 9.17) is 0 Å². The molecule has 1 fully saturated rings. The first-order chi connectivity index (χ1) is 11.6. The Hall–Kier alpha value is -2.07. The number of fused-ring (bicyclic) bond motifs is 2. The van der Waals surface area contributed by atoms with E-state index in [1.807, 2.05) is 4.90 Å². The number of nitrogens with one attached hydrogen (secondary N) is 1. The van der Waals surface area contributed by atoms with E-state index >= 15 is 0 Å². The number of amides is 1. The molecule has 4 nitrogen and oxygen atoms in total. The predicted octanol–water partition coefficient (Wildman–Crippen LogP) is 2.66. The highest BCUT2D eigenvalue weighted by Gasteiger charge is 2.39. The number of benzene rings is 1. The Bertz CT molecular complexity index is 865. The van der Waals surface area contributed by atoms with Crippen molar-refractivity contribution in [2.75, 3.05) is 20.1 Å². The second-order valence-electron chi connectivity index (χ2n) is 7.60. The number of H-pyrrole nitrogens is 1. The largest absolute Gasteiger partial charge is 0.361 e. The summed E-state index contributed by atoms with van der Waals surface area (Å²) in [5.74, 6) is 0.290. The fourth-order valence-corrected chi connectivity index (χ4v) is 4.66. The van der Waals surface area contributed by atoms with Crippen LogP contribution in [-0.2, 0) is 11.2 Å². The lowest BCUT2D eigenvalue weighted by atomic mass is 9.79. The number of aromatic amines is 1. The lowest BCUT2D eigenvalue weighted by Crippen LogP contribution is -2.54. The van der Waals surface area contributed by atoms with Gasteiger partial charge in [0, 0.05) is 42.3 Å². The van der Waals surface area contributed by atoms with Crippen molar-refractivity contribution < 1.29 is 4.79 Å². The van der Waals surface area contributed by atoms with Gasteiger partial charge >= 0.3 is 0 Å². The number of hydrogen-bond acceptors (Lipinski definition) is 2. The average molecular weight is 321 g/mol. The normalized spacial score (nSPS) is 29.2. The molecule has 0 radical (unpaired) electrons. The highest BCUT2D eigenvalue weighted by Crippen LogP contribution is 2.41. The van der Waals surface area contributed by atoms with Gasteiger partial charge in [0.2, 0.25) is 5.91 Å². The second kappa shape index (κ2) is 4.96. The molecule has 3 heterocycles. The molecule has 2 aromatic rings. The molecule has 0 bridgehead atoms. The Morgan fingerprint density at radius 2 is 2.21 bits per heavy atom. The summed E-state index contributed by atoms with van der Waals surface area (Å²) in [6.45, 7) is 3.90. The third-order valence-electron chi connectivity index (χ3n) is 6.19. The average Bonchev–Trinajstić information content (AvgIpc) is 2.99. The van der Waals surface area contributed by atoms with Gasteiger partial charge in [-0.25, -0.2) is 0 Å². The molecule has 3 atom stereocenters. The molecular weight excluding hydrogens is 298 g/mol. The van der Waals surface area contributed by atoms with Crippen LogP contribution in [0, 0.1) is 5.92 Å². The van der Waals surface area contributed by atoms with Crippen LogP contribution in [-0.4, -0.2) is 52.9 Å². The van der Waals surface area contributed by atoms with Gasteiger partial charge in [-0.2, -0.15) is 0 Å². The first kappa shape index (κ1) is 14.3. The van der Waals surface area contributed by atoms with Crippen LogP contribution in [0.5, 0.6) is 0 Å². The summed E-state index contributed by atoms with van der Waals surface area (Å²) in [5, 5.41) is 1.35. The molecule has 1 aromatic carbocycles. The summed E-state index contributed by atoms with van der Waals surface area (Å²) in [4.78, 5) is 20.7. The summed E-state index contributed by atoms with van der Waals surface area (Å²) < 4.78 is 0. The number of carbonyl (C=O) groups excluding carboxylic acids is 1. The zero-order valence-electron chi connectivity index (χ0n) is 14.2. The van der Waals surface area contributed by atoms with Crippen molar-refractivity contribution in [3.05, 3.63) is 41.6 Å². The summed E-state index contributed by atoms with van der Waals surface area (Å²) in [6.07, 6.45) is 6.58. The van der Waals surface area contributed by atoms with E-state index in [9.17, 15) is 4.79 Å². The van der Waals surface area contributed by atoms with Crippen LogP contribution in [0.1, 0.15) is 24.5 Å². The van der Waals surface area contributed by atoms with Crippen LogP contribution in [0.4, 0.5) is 0 Å². The number of likely N-dealkylation sites (tertiary alicyclic amines) is 1. The topological polar surface area (TPSA) is 39.3 Å². The smallest absolute Gasteiger partial charge is 0.231 e. The van der Waals surface area contributed by atoms with Crippen molar-refractivity contribution >= 4 is 22.4 Å². The third kappa shape index (κ3) is 1.86. The van der Waals surface area contributed by atoms with Crippen molar-refractivity contribution in [3.8, 4) is 0 Å². The molecule has 1 aliphatic carbocycles. The summed E-state index contributed by atoms with van der Waals surface area (Å²) >= 11 is 0. The van der Waals surface area contributed by atoms with Crippen LogP contribution in [0.3, 0.4) is 0 Å². The van der Waals surface area contributed by atoms with Gasteiger partial charge in [0.15, 0.2) is 0 Å². The fraction of sp³-hybridized carbons (Fsp3) is 0.450. The highest BCUT2D eigenvalue weighted by molar-refractivity contribution is 5.99. The number of carbonyl (C=O) groups is 1. The first-order valence-electron chi connectivity index (χ1n) is 8.95. The minimum atomic E-state index is -0.0141. The van der Waals surface area contributed by atoms with E-state index in [1.165, 1.54) is 27.6 Å². The molecule has 0 saturated carbocycles. The van der Waals surface area contributed by atoms with Crippen LogP contribution in [0.15, 0.2) is 30.5 Å². The Morgan fingerprint density at radius 3 is 2.96 bits per heavy atom. The number of aromatic nitrogens is 1. The minimum Gasteiger partial charge on any atom is -0.361 e. The van der Waals surface area contributed by atoms with Gasteiger partial charge in [-0.1, -0.05) is 18.2 Å². The maximum atomic E-state index is 12.9. The standard InChI is InChI=1S/C20H23N3O/c1-12-6-7-23(12)20(24)14-8-16-15-4-3-5-17-19(15)13(10-21-17)9-18(16)22(2)11-14/h3-5,8,10,12,14,18,21H,6-7,9,11H2,1-2H3. The van der Waals surface area contributed by atoms with Gasteiger partial charge in [-0.15, -0.1) is 0 Å². The summed E-state index contributed by atoms with van der Waals surface area (Å²) in [7, 11) is 2.16. The molecule has 3 unspecified atom stereocenters. The van der Waals surface area contributed by atoms with E-state index in [2.05, 4.69) is 54.3 Å². The van der Waals surface area contributed by atoms with Crippen molar-refractivity contribution in [1.82, 2.24) is 14.8 Å². The lowest BCUT2D eigenvalue weighted by molar-refractivity contribution is -0.141. The fourth-order valence-electron chi connectivity index (χ4n) is 4.66. The van der Waals surface area contributed by atoms with Crippen molar-refractivity contribution in [2.45, 2.75) is 31.8 Å². The van der Waals surface area contributed by atoms with Crippen molar-refractivity contribution in [2.24, 2.45) is 5.92 Å². The number of hydrogen-bond donors (Lipinski definition) is 1. The zero-order valence-corrected chi connectivity index (χ0v) is 14.2. The maximum absolute atomic E-state index is 12.9. The Kier molecular flexibility index (Phi) is 2.95. The third-order valence-corrected chi connectivity index (χ3v) is 6.19. The van der Waals surface area contributed by atoms with Gasteiger partial charge in [0.1, 0.15) is 0 Å². The lowest BCUT2D eigenvalue weighted by Gasteiger charge is -2.44. The molecular formula is C20H23N3O. The van der Waals surface area contributed by atoms with Crippen LogP contribution in [0.25, 0.3) is 16.5 Å². The van der Waals surface area contributed by atoms with Crippen LogP contribution >= 0.6 is 0 Å². The molecule has 24 heavy (non-hydrogen) atoms. The molecule has 124 valence electrons. The summed E-state index contributed by atoms with van der Waals surface area (Å²) in [6, 6.07) is 7.26.